The van der Waals surface area contributed by atoms with E-state index in [0.29, 0.717) is 5.69 Å². The van der Waals surface area contributed by atoms with Gasteiger partial charge in [0.2, 0.25) is 0 Å². The van der Waals surface area contributed by atoms with Crippen molar-refractivity contribution in [2.45, 2.75) is 6.92 Å². The lowest BCUT2D eigenvalue weighted by Gasteiger charge is -2.01. The first-order chi connectivity index (χ1) is 9.70. The number of aromatic nitrogens is 2. The Bertz CT molecular complexity index is 790. The molecule has 0 radical (unpaired) electrons. The molecule has 0 bridgehead atoms. The molecule has 0 saturated carbocycles. The highest BCUT2D eigenvalue weighted by Gasteiger charge is 2.18. The normalized spacial score (nSPS) is 10.7. The number of fused-ring (bicyclic) bond motifs is 1. The Morgan fingerprint density at radius 2 is 2.05 bits per heavy atom. The van der Waals surface area contributed by atoms with Crippen LogP contribution >= 0.6 is 11.3 Å². The molecule has 2 aromatic heterocycles. The predicted molar refractivity (Wildman–Crippen MR) is 78.9 cm³/mol. The van der Waals surface area contributed by atoms with Crippen molar-refractivity contribution < 1.29 is 9.53 Å². The molecule has 1 aromatic carbocycles. The first-order valence-corrected chi connectivity index (χ1v) is 6.92. The lowest BCUT2D eigenvalue weighted by molar-refractivity contribution is 0.0594. The Morgan fingerprint density at radius 1 is 1.25 bits per heavy atom. The van der Waals surface area contributed by atoms with Crippen LogP contribution < -0.4 is 0 Å². The number of esters is 1. The molecule has 0 aliphatic heterocycles. The van der Waals surface area contributed by atoms with Gasteiger partial charge in [-0.05, 0) is 18.4 Å². The number of ether oxygens (including phenoxy) is 1. The number of hydrogen-bond donors (Lipinski definition) is 0. The minimum Gasteiger partial charge on any atom is -0.464 e. The number of carbonyl (C=O) groups excluding carboxylic acids is 1. The number of rotatable bonds is 2. The molecule has 0 N–H and O–H groups in total. The van der Waals surface area contributed by atoms with Crippen molar-refractivity contribution in [1.29, 1.82) is 0 Å². The van der Waals surface area contributed by atoms with Crippen LogP contribution in [-0.2, 0) is 4.74 Å². The largest absolute Gasteiger partial charge is 0.464 e. The van der Waals surface area contributed by atoms with E-state index in [1.807, 2.05) is 37.3 Å². The third-order valence-corrected chi connectivity index (χ3v) is 4.03. The van der Waals surface area contributed by atoms with E-state index in [-0.39, 0.29) is 0 Å². The second kappa shape index (κ2) is 5.02. The summed E-state index contributed by atoms with van der Waals surface area (Å²) < 4.78 is 4.74. The minimum atomic E-state index is -0.412. The second-order valence-corrected chi connectivity index (χ2v) is 5.50. The van der Waals surface area contributed by atoms with Crippen molar-refractivity contribution in [2.75, 3.05) is 7.11 Å². The molecule has 5 heteroatoms. The summed E-state index contributed by atoms with van der Waals surface area (Å²) in [6, 6.07) is 9.95. The Balaban J connectivity index is 2.19. The van der Waals surface area contributed by atoms with Crippen LogP contribution in [0.15, 0.2) is 36.5 Å². The highest BCUT2D eigenvalue weighted by Crippen LogP contribution is 2.31. The van der Waals surface area contributed by atoms with E-state index in [4.69, 9.17) is 4.74 Å². The number of benzene rings is 1. The minimum absolute atomic E-state index is 0.363. The Kier molecular flexibility index (Phi) is 3.20. The summed E-state index contributed by atoms with van der Waals surface area (Å²) in [5, 5.41) is 2.87. The highest BCUT2D eigenvalue weighted by molar-refractivity contribution is 7.15. The average Bonchev–Trinajstić information content (AvgIpc) is 2.87. The molecule has 100 valence electrons. The molecule has 0 amide bonds. The molecule has 3 rings (SSSR count). The topological polar surface area (TPSA) is 52.1 Å². The van der Waals surface area contributed by atoms with Gasteiger partial charge in [0.15, 0.2) is 5.69 Å². The molecule has 20 heavy (non-hydrogen) atoms. The van der Waals surface area contributed by atoms with Crippen LogP contribution in [-0.4, -0.2) is 23.0 Å². The van der Waals surface area contributed by atoms with E-state index < -0.39 is 5.97 Å². The quantitative estimate of drug-likeness (QED) is 0.676. The molecule has 0 aliphatic carbocycles. The van der Waals surface area contributed by atoms with E-state index in [9.17, 15) is 4.79 Å². The van der Waals surface area contributed by atoms with Crippen LogP contribution in [0.4, 0.5) is 0 Å². The highest BCUT2D eigenvalue weighted by atomic mass is 32.1. The standard InChI is InChI=1S/C15H12N2O2S/c1-9-12(15(18)19-2)17-14(20-9)13-11-6-4-3-5-10(11)7-8-16-13/h3-8H,1-2H3. The van der Waals surface area contributed by atoms with Gasteiger partial charge in [-0.1, -0.05) is 24.3 Å². The summed E-state index contributed by atoms with van der Waals surface area (Å²) in [6.07, 6.45) is 1.76. The summed E-state index contributed by atoms with van der Waals surface area (Å²) in [6.45, 7) is 1.86. The smallest absolute Gasteiger partial charge is 0.357 e. The first kappa shape index (κ1) is 12.7. The van der Waals surface area contributed by atoms with Crippen LogP contribution in [0.5, 0.6) is 0 Å². The van der Waals surface area contributed by atoms with Gasteiger partial charge in [0.25, 0.3) is 0 Å². The number of carbonyl (C=O) groups is 1. The Morgan fingerprint density at radius 3 is 2.85 bits per heavy atom. The average molecular weight is 284 g/mol. The maximum absolute atomic E-state index is 11.6. The zero-order valence-electron chi connectivity index (χ0n) is 11.1. The lowest BCUT2D eigenvalue weighted by Crippen LogP contribution is -2.03. The number of hydrogen-bond acceptors (Lipinski definition) is 5. The Labute approximate surface area is 120 Å². The van der Waals surface area contributed by atoms with Gasteiger partial charge in [0, 0.05) is 16.5 Å². The van der Waals surface area contributed by atoms with Gasteiger partial charge in [0.05, 0.1) is 7.11 Å². The zero-order valence-corrected chi connectivity index (χ0v) is 11.9. The lowest BCUT2D eigenvalue weighted by atomic mass is 10.1. The summed E-state index contributed by atoms with van der Waals surface area (Å²) in [5.41, 5.74) is 1.16. The molecule has 0 spiro atoms. The van der Waals surface area contributed by atoms with Crippen LogP contribution in [0.3, 0.4) is 0 Å². The first-order valence-electron chi connectivity index (χ1n) is 6.10. The third-order valence-electron chi connectivity index (χ3n) is 3.05. The fourth-order valence-corrected chi connectivity index (χ4v) is 2.99. The van der Waals surface area contributed by atoms with Gasteiger partial charge < -0.3 is 4.74 Å². The molecule has 0 saturated heterocycles. The van der Waals surface area contributed by atoms with E-state index in [0.717, 1.165) is 26.4 Å². The van der Waals surface area contributed by atoms with E-state index >= 15 is 0 Å². The predicted octanol–water partition coefficient (Wildman–Crippen LogP) is 3.45. The fourth-order valence-electron chi connectivity index (χ4n) is 2.07. The van der Waals surface area contributed by atoms with Crippen molar-refractivity contribution in [2.24, 2.45) is 0 Å². The van der Waals surface area contributed by atoms with E-state index in [2.05, 4.69) is 9.97 Å². The van der Waals surface area contributed by atoms with E-state index in [1.54, 1.807) is 6.20 Å². The van der Waals surface area contributed by atoms with Gasteiger partial charge in [0.1, 0.15) is 10.7 Å². The second-order valence-electron chi connectivity index (χ2n) is 4.30. The maximum atomic E-state index is 11.6. The molecular weight excluding hydrogens is 272 g/mol. The van der Waals surface area contributed by atoms with Crippen molar-refractivity contribution >= 4 is 28.1 Å². The van der Waals surface area contributed by atoms with Crippen molar-refractivity contribution in [3.63, 3.8) is 0 Å². The molecule has 0 aliphatic rings. The molecule has 2 heterocycles. The van der Waals surface area contributed by atoms with Gasteiger partial charge in [-0.3, -0.25) is 4.98 Å². The van der Waals surface area contributed by atoms with Gasteiger partial charge >= 0.3 is 5.97 Å². The zero-order chi connectivity index (χ0) is 14.1. The fraction of sp³-hybridized carbons (Fsp3) is 0.133. The number of nitrogens with zero attached hydrogens (tertiary/aromatic N) is 2. The SMILES string of the molecule is COC(=O)c1nc(-c2nccc3ccccc23)sc1C. The summed E-state index contributed by atoms with van der Waals surface area (Å²) in [5.74, 6) is -0.412. The Hall–Kier alpha value is -2.27. The van der Waals surface area contributed by atoms with Crippen molar-refractivity contribution in [1.82, 2.24) is 9.97 Å². The van der Waals surface area contributed by atoms with E-state index in [1.165, 1.54) is 18.4 Å². The molecular formula is C15H12N2O2S. The van der Waals surface area contributed by atoms with Crippen LogP contribution in [0.25, 0.3) is 21.5 Å². The monoisotopic (exact) mass is 284 g/mol. The number of methoxy groups -OCH3 is 1. The van der Waals surface area contributed by atoms with Crippen LogP contribution in [0.2, 0.25) is 0 Å². The number of pyridine rings is 1. The molecule has 4 nitrogen and oxygen atoms in total. The summed E-state index contributed by atoms with van der Waals surface area (Å²) >= 11 is 1.45. The summed E-state index contributed by atoms with van der Waals surface area (Å²) in [7, 11) is 1.36. The van der Waals surface area contributed by atoms with Crippen molar-refractivity contribution in [3.8, 4) is 10.7 Å². The summed E-state index contributed by atoms with van der Waals surface area (Å²) in [4.78, 5) is 21.3. The maximum Gasteiger partial charge on any atom is 0.357 e. The van der Waals surface area contributed by atoms with Gasteiger partial charge in [-0.2, -0.15) is 0 Å². The van der Waals surface area contributed by atoms with Crippen molar-refractivity contribution in [3.05, 3.63) is 47.1 Å². The molecule has 0 atom stereocenters. The van der Waals surface area contributed by atoms with Gasteiger partial charge in [-0.25, -0.2) is 9.78 Å². The number of aryl methyl sites for hydroxylation is 1. The molecule has 3 aromatic rings. The molecule has 0 unspecified atom stereocenters. The third kappa shape index (κ3) is 2.06. The number of thiazole rings is 1. The molecule has 0 fully saturated rings. The van der Waals surface area contributed by atoms with Gasteiger partial charge in [-0.15, -0.1) is 11.3 Å². The van der Waals surface area contributed by atoms with Crippen LogP contribution in [0, 0.1) is 6.92 Å². The van der Waals surface area contributed by atoms with Crippen LogP contribution in [0.1, 0.15) is 15.4 Å².